The molecule has 126 valence electrons. The molecule has 0 saturated heterocycles. The van der Waals surface area contributed by atoms with Crippen molar-refractivity contribution in [3.63, 3.8) is 0 Å². The fraction of sp³-hybridized carbons (Fsp3) is 0.438. The number of amides is 3. The number of nitrogens with one attached hydrogen (secondary N) is 2. The van der Waals surface area contributed by atoms with E-state index in [4.69, 9.17) is 0 Å². The number of carbonyl (C=O) groups excluding carboxylic acids is 2. The SMILES string of the molecule is CCCCCC(=O)NC(=O)NCCn1cnc2ccccc21.Cl. The minimum atomic E-state index is -0.439. The molecule has 23 heavy (non-hydrogen) atoms. The van der Waals surface area contributed by atoms with Crippen LogP contribution in [-0.4, -0.2) is 28.0 Å². The Morgan fingerprint density at radius 3 is 2.78 bits per heavy atom. The van der Waals surface area contributed by atoms with Gasteiger partial charge in [-0.3, -0.25) is 10.1 Å². The van der Waals surface area contributed by atoms with Crippen LogP contribution in [0.25, 0.3) is 11.0 Å². The molecule has 0 aliphatic carbocycles. The first kappa shape index (κ1) is 19.0. The first-order valence-corrected chi connectivity index (χ1v) is 7.68. The van der Waals surface area contributed by atoms with Crippen LogP contribution in [0.1, 0.15) is 32.6 Å². The average molecular weight is 339 g/mol. The van der Waals surface area contributed by atoms with Gasteiger partial charge in [0.15, 0.2) is 0 Å². The summed E-state index contributed by atoms with van der Waals surface area (Å²) in [5, 5.41) is 5.03. The van der Waals surface area contributed by atoms with Gasteiger partial charge >= 0.3 is 6.03 Å². The molecule has 2 aromatic rings. The summed E-state index contributed by atoms with van der Waals surface area (Å²) in [7, 11) is 0. The summed E-state index contributed by atoms with van der Waals surface area (Å²) in [4.78, 5) is 27.4. The highest BCUT2D eigenvalue weighted by atomic mass is 35.5. The lowest BCUT2D eigenvalue weighted by molar-refractivity contribution is -0.120. The van der Waals surface area contributed by atoms with Gasteiger partial charge in [0.05, 0.1) is 17.4 Å². The number of hydrogen-bond acceptors (Lipinski definition) is 3. The number of unbranched alkanes of at least 4 members (excludes halogenated alkanes) is 2. The van der Waals surface area contributed by atoms with Crippen molar-refractivity contribution in [2.24, 2.45) is 0 Å². The number of nitrogens with zero attached hydrogens (tertiary/aromatic N) is 2. The molecule has 3 amide bonds. The van der Waals surface area contributed by atoms with E-state index in [1.807, 2.05) is 28.8 Å². The van der Waals surface area contributed by atoms with E-state index >= 15 is 0 Å². The number of rotatable bonds is 7. The lowest BCUT2D eigenvalue weighted by atomic mass is 10.2. The number of benzene rings is 1. The van der Waals surface area contributed by atoms with E-state index in [1.165, 1.54) is 0 Å². The average Bonchev–Trinajstić information content (AvgIpc) is 2.91. The third kappa shape index (κ3) is 5.90. The van der Waals surface area contributed by atoms with Crippen LogP contribution < -0.4 is 10.6 Å². The molecule has 1 heterocycles. The van der Waals surface area contributed by atoms with Gasteiger partial charge in [-0.05, 0) is 18.6 Å². The number of para-hydroxylation sites is 2. The Bertz CT molecular complexity index is 642. The van der Waals surface area contributed by atoms with Crippen LogP contribution in [0.15, 0.2) is 30.6 Å². The Morgan fingerprint density at radius 1 is 1.22 bits per heavy atom. The quantitative estimate of drug-likeness (QED) is 0.762. The van der Waals surface area contributed by atoms with Gasteiger partial charge in [-0.25, -0.2) is 9.78 Å². The summed E-state index contributed by atoms with van der Waals surface area (Å²) in [6.07, 6.45) is 5.02. The molecular weight excluding hydrogens is 316 g/mol. The predicted molar refractivity (Wildman–Crippen MR) is 92.7 cm³/mol. The molecule has 0 aliphatic rings. The molecule has 6 nitrogen and oxygen atoms in total. The lowest BCUT2D eigenvalue weighted by Crippen LogP contribution is -2.40. The molecule has 0 aliphatic heterocycles. The van der Waals surface area contributed by atoms with E-state index in [2.05, 4.69) is 22.5 Å². The summed E-state index contributed by atoms with van der Waals surface area (Å²) in [6.45, 7) is 3.12. The van der Waals surface area contributed by atoms with Crippen molar-refractivity contribution in [2.45, 2.75) is 39.2 Å². The Morgan fingerprint density at radius 2 is 2.00 bits per heavy atom. The van der Waals surface area contributed by atoms with Crippen molar-refractivity contribution in [2.75, 3.05) is 6.54 Å². The summed E-state index contributed by atoms with van der Waals surface area (Å²) in [6, 6.07) is 7.39. The van der Waals surface area contributed by atoms with Crippen molar-refractivity contribution in [1.29, 1.82) is 0 Å². The van der Waals surface area contributed by atoms with Crippen molar-refractivity contribution in [3.8, 4) is 0 Å². The van der Waals surface area contributed by atoms with Crippen LogP contribution in [0.5, 0.6) is 0 Å². The highest BCUT2D eigenvalue weighted by Crippen LogP contribution is 2.10. The second-order valence-corrected chi connectivity index (χ2v) is 5.19. The highest BCUT2D eigenvalue weighted by Gasteiger charge is 2.07. The molecule has 1 aromatic heterocycles. The molecular formula is C16H23ClN4O2. The summed E-state index contributed by atoms with van der Waals surface area (Å²) >= 11 is 0. The minimum Gasteiger partial charge on any atom is -0.336 e. The number of halogens is 1. The summed E-state index contributed by atoms with van der Waals surface area (Å²) < 4.78 is 1.97. The standard InChI is InChI=1S/C16H22N4O2.ClH/c1-2-3-4-9-15(21)19-16(22)17-10-11-20-12-18-13-7-5-6-8-14(13)20;/h5-8,12H,2-4,9-11H2,1H3,(H2,17,19,21,22);1H. The molecule has 2 rings (SSSR count). The van der Waals surface area contributed by atoms with E-state index in [1.54, 1.807) is 6.33 Å². The van der Waals surface area contributed by atoms with Crippen molar-refractivity contribution in [3.05, 3.63) is 30.6 Å². The van der Waals surface area contributed by atoms with Crippen molar-refractivity contribution >= 4 is 35.4 Å². The molecule has 0 bridgehead atoms. The third-order valence-corrected chi connectivity index (χ3v) is 3.43. The van der Waals surface area contributed by atoms with Gasteiger partial charge in [0.1, 0.15) is 0 Å². The number of imidazole rings is 1. The van der Waals surface area contributed by atoms with Gasteiger partial charge in [0, 0.05) is 19.5 Å². The molecule has 1 aromatic carbocycles. The molecule has 0 atom stereocenters. The predicted octanol–water partition coefficient (Wildman–Crippen LogP) is 2.86. The Balaban J connectivity index is 0.00000264. The Hall–Kier alpha value is -2.08. The van der Waals surface area contributed by atoms with Gasteiger partial charge in [-0.2, -0.15) is 0 Å². The van der Waals surface area contributed by atoms with E-state index in [9.17, 15) is 9.59 Å². The lowest BCUT2D eigenvalue weighted by Gasteiger charge is -2.08. The molecule has 2 N–H and O–H groups in total. The number of carbonyl (C=O) groups is 2. The van der Waals surface area contributed by atoms with Gasteiger partial charge < -0.3 is 9.88 Å². The fourth-order valence-electron chi connectivity index (χ4n) is 2.25. The van der Waals surface area contributed by atoms with Crippen LogP contribution in [0.3, 0.4) is 0 Å². The van der Waals surface area contributed by atoms with Gasteiger partial charge in [0.25, 0.3) is 0 Å². The topological polar surface area (TPSA) is 76.0 Å². The monoisotopic (exact) mass is 338 g/mol. The molecule has 0 unspecified atom stereocenters. The van der Waals surface area contributed by atoms with E-state index in [0.717, 1.165) is 30.3 Å². The van der Waals surface area contributed by atoms with Crippen LogP contribution in [0, 0.1) is 0 Å². The number of imide groups is 1. The summed E-state index contributed by atoms with van der Waals surface area (Å²) in [5.74, 6) is -0.223. The normalized spacial score (nSPS) is 10.1. The third-order valence-electron chi connectivity index (χ3n) is 3.43. The maximum absolute atomic E-state index is 11.6. The molecule has 0 radical (unpaired) electrons. The van der Waals surface area contributed by atoms with E-state index < -0.39 is 6.03 Å². The van der Waals surface area contributed by atoms with Crippen LogP contribution in [0.2, 0.25) is 0 Å². The maximum atomic E-state index is 11.6. The number of aromatic nitrogens is 2. The Labute approximate surface area is 142 Å². The second kappa shape index (κ2) is 9.84. The number of fused-ring (bicyclic) bond motifs is 1. The summed E-state index contributed by atoms with van der Waals surface area (Å²) in [5.41, 5.74) is 1.96. The fourth-order valence-corrected chi connectivity index (χ4v) is 2.25. The first-order valence-electron chi connectivity index (χ1n) is 7.68. The Kier molecular flexibility index (Phi) is 8.11. The number of hydrogen-bond donors (Lipinski definition) is 2. The molecule has 0 spiro atoms. The van der Waals surface area contributed by atoms with Crippen LogP contribution >= 0.6 is 12.4 Å². The second-order valence-electron chi connectivity index (χ2n) is 5.19. The van der Waals surface area contributed by atoms with Crippen molar-refractivity contribution < 1.29 is 9.59 Å². The molecule has 7 heteroatoms. The zero-order valence-corrected chi connectivity index (χ0v) is 14.1. The molecule has 0 fully saturated rings. The molecule has 0 saturated carbocycles. The zero-order chi connectivity index (χ0) is 15.8. The minimum absolute atomic E-state index is 0. The van der Waals surface area contributed by atoms with Crippen LogP contribution in [0.4, 0.5) is 4.79 Å². The van der Waals surface area contributed by atoms with Gasteiger partial charge in [0.2, 0.25) is 5.91 Å². The van der Waals surface area contributed by atoms with Crippen molar-refractivity contribution in [1.82, 2.24) is 20.2 Å². The zero-order valence-electron chi connectivity index (χ0n) is 13.2. The highest BCUT2D eigenvalue weighted by molar-refractivity contribution is 5.94. The largest absolute Gasteiger partial charge is 0.336 e. The van der Waals surface area contributed by atoms with E-state index in [-0.39, 0.29) is 18.3 Å². The van der Waals surface area contributed by atoms with E-state index in [0.29, 0.717) is 19.5 Å². The first-order chi connectivity index (χ1) is 10.7. The smallest absolute Gasteiger partial charge is 0.321 e. The maximum Gasteiger partial charge on any atom is 0.321 e. The van der Waals surface area contributed by atoms with Crippen LogP contribution in [-0.2, 0) is 11.3 Å². The number of urea groups is 1. The van der Waals surface area contributed by atoms with Gasteiger partial charge in [-0.1, -0.05) is 31.9 Å². The van der Waals surface area contributed by atoms with Gasteiger partial charge in [-0.15, -0.1) is 12.4 Å².